The predicted octanol–water partition coefficient (Wildman–Crippen LogP) is 1.07. The molecule has 4 heteroatoms. The van der Waals surface area contributed by atoms with E-state index >= 15 is 0 Å². The van der Waals surface area contributed by atoms with Gasteiger partial charge in [-0.15, -0.1) is 0 Å². The lowest BCUT2D eigenvalue weighted by Gasteiger charge is -1.89. The minimum atomic E-state index is -0.269. The van der Waals surface area contributed by atoms with Gasteiger partial charge in [-0.1, -0.05) is 12.7 Å². The van der Waals surface area contributed by atoms with E-state index in [0.29, 0.717) is 5.56 Å². The SMILES string of the molecule is C=Cc1cnc(Cl)[nH]c1=O. The average molecular weight is 157 g/mol. The second-order valence-corrected chi connectivity index (χ2v) is 2.02. The third-order valence-corrected chi connectivity index (χ3v) is 1.21. The number of nitrogens with zero attached hydrogens (tertiary/aromatic N) is 1. The molecule has 0 spiro atoms. The molecule has 0 unspecified atom stereocenters. The Morgan fingerprint density at radius 3 is 3.00 bits per heavy atom. The van der Waals surface area contributed by atoms with Crippen LogP contribution in [0.4, 0.5) is 0 Å². The van der Waals surface area contributed by atoms with Crippen LogP contribution in [0.15, 0.2) is 17.6 Å². The van der Waals surface area contributed by atoms with Crippen molar-refractivity contribution >= 4 is 17.7 Å². The number of halogens is 1. The van der Waals surface area contributed by atoms with Crippen molar-refractivity contribution in [2.45, 2.75) is 0 Å². The minimum absolute atomic E-state index is 0.0931. The van der Waals surface area contributed by atoms with Gasteiger partial charge < -0.3 is 0 Å². The molecule has 0 aliphatic rings. The number of aromatic amines is 1. The third kappa shape index (κ3) is 1.25. The number of H-pyrrole nitrogens is 1. The topological polar surface area (TPSA) is 45.8 Å². The van der Waals surface area contributed by atoms with Crippen LogP contribution in [0.2, 0.25) is 5.28 Å². The summed E-state index contributed by atoms with van der Waals surface area (Å²) in [4.78, 5) is 16.8. The second-order valence-electron chi connectivity index (χ2n) is 1.66. The van der Waals surface area contributed by atoms with Crippen LogP contribution in [-0.2, 0) is 0 Å². The average Bonchev–Trinajstić information content (AvgIpc) is 1.88. The van der Waals surface area contributed by atoms with Crippen molar-refractivity contribution in [3.05, 3.63) is 34.0 Å². The molecule has 3 nitrogen and oxygen atoms in total. The number of rotatable bonds is 1. The first-order chi connectivity index (χ1) is 4.74. The van der Waals surface area contributed by atoms with Crippen molar-refractivity contribution < 1.29 is 0 Å². The monoisotopic (exact) mass is 156 g/mol. The van der Waals surface area contributed by atoms with E-state index in [2.05, 4.69) is 16.5 Å². The molecule has 0 amide bonds. The quantitative estimate of drug-likeness (QED) is 0.619. The van der Waals surface area contributed by atoms with Gasteiger partial charge in [-0.3, -0.25) is 9.78 Å². The Morgan fingerprint density at radius 2 is 2.50 bits per heavy atom. The van der Waals surface area contributed by atoms with E-state index in [0.717, 1.165) is 0 Å². The van der Waals surface area contributed by atoms with E-state index in [9.17, 15) is 4.79 Å². The van der Waals surface area contributed by atoms with Crippen LogP contribution in [0.3, 0.4) is 0 Å². The molecule has 1 aromatic rings. The summed E-state index contributed by atoms with van der Waals surface area (Å²) in [7, 11) is 0. The van der Waals surface area contributed by atoms with Gasteiger partial charge in [0.2, 0.25) is 5.28 Å². The zero-order chi connectivity index (χ0) is 7.56. The van der Waals surface area contributed by atoms with E-state index in [1.807, 2.05) is 0 Å². The largest absolute Gasteiger partial charge is 0.297 e. The zero-order valence-electron chi connectivity index (χ0n) is 5.10. The Kier molecular flexibility index (Phi) is 1.87. The predicted molar refractivity (Wildman–Crippen MR) is 40.0 cm³/mol. The highest BCUT2D eigenvalue weighted by atomic mass is 35.5. The van der Waals surface area contributed by atoms with Crippen molar-refractivity contribution in [3.63, 3.8) is 0 Å². The van der Waals surface area contributed by atoms with Crippen molar-refractivity contribution in [1.82, 2.24) is 9.97 Å². The first kappa shape index (κ1) is 7.02. The Labute approximate surface area is 62.4 Å². The summed E-state index contributed by atoms with van der Waals surface area (Å²) in [5.74, 6) is 0. The summed E-state index contributed by atoms with van der Waals surface area (Å²) in [5, 5.41) is 0.0931. The standard InChI is InChI=1S/C6H5ClN2O/c1-2-4-3-8-6(7)9-5(4)10/h2-3H,1H2,(H,8,9,10). The van der Waals surface area contributed by atoms with Crippen molar-refractivity contribution in [2.24, 2.45) is 0 Å². The zero-order valence-corrected chi connectivity index (χ0v) is 5.85. The van der Waals surface area contributed by atoms with Gasteiger partial charge in [0.15, 0.2) is 0 Å². The van der Waals surface area contributed by atoms with Gasteiger partial charge in [0.05, 0.1) is 5.56 Å². The van der Waals surface area contributed by atoms with E-state index in [1.54, 1.807) is 0 Å². The number of hydrogen-bond acceptors (Lipinski definition) is 2. The fraction of sp³-hybridized carbons (Fsp3) is 0. The van der Waals surface area contributed by atoms with Crippen LogP contribution in [0.1, 0.15) is 5.56 Å². The molecular formula is C6H5ClN2O. The molecule has 52 valence electrons. The molecule has 10 heavy (non-hydrogen) atoms. The molecule has 0 saturated heterocycles. The lowest BCUT2D eigenvalue weighted by Crippen LogP contribution is -2.09. The number of nitrogens with one attached hydrogen (secondary N) is 1. The Bertz CT molecular complexity index is 305. The lowest BCUT2D eigenvalue weighted by atomic mass is 10.3. The summed E-state index contributed by atoms with van der Waals surface area (Å²) >= 11 is 5.37. The van der Waals surface area contributed by atoms with Gasteiger partial charge in [0, 0.05) is 6.20 Å². The van der Waals surface area contributed by atoms with Crippen molar-refractivity contribution in [1.29, 1.82) is 0 Å². The van der Waals surface area contributed by atoms with Gasteiger partial charge in [-0.05, 0) is 11.6 Å². The van der Waals surface area contributed by atoms with Gasteiger partial charge >= 0.3 is 0 Å². The fourth-order valence-electron chi connectivity index (χ4n) is 0.528. The van der Waals surface area contributed by atoms with E-state index < -0.39 is 0 Å². The molecule has 0 saturated carbocycles. The van der Waals surface area contributed by atoms with Crippen LogP contribution in [0.25, 0.3) is 6.08 Å². The van der Waals surface area contributed by atoms with E-state index in [4.69, 9.17) is 11.6 Å². The Morgan fingerprint density at radius 1 is 1.80 bits per heavy atom. The molecule has 1 heterocycles. The molecule has 1 rings (SSSR count). The molecule has 0 bridgehead atoms. The highest BCUT2D eigenvalue weighted by Gasteiger charge is 1.94. The van der Waals surface area contributed by atoms with Crippen molar-refractivity contribution in [3.8, 4) is 0 Å². The lowest BCUT2D eigenvalue weighted by molar-refractivity contribution is 1.11. The summed E-state index contributed by atoms with van der Waals surface area (Å²) < 4.78 is 0. The highest BCUT2D eigenvalue weighted by Crippen LogP contribution is 1.95. The summed E-state index contributed by atoms with van der Waals surface area (Å²) in [5.41, 5.74) is 0.152. The molecule has 0 fully saturated rings. The summed E-state index contributed by atoms with van der Waals surface area (Å²) in [6.45, 7) is 3.42. The maximum absolute atomic E-state index is 10.8. The summed E-state index contributed by atoms with van der Waals surface area (Å²) in [6.07, 6.45) is 2.79. The number of aromatic nitrogens is 2. The normalized spacial score (nSPS) is 9.30. The number of hydrogen-bond donors (Lipinski definition) is 1. The molecular weight excluding hydrogens is 152 g/mol. The van der Waals surface area contributed by atoms with E-state index in [-0.39, 0.29) is 10.8 Å². The van der Waals surface area contributed by atoms with Crippen LogP contribution < -0.4 is 5.56 Å². The molecule has 0 aliphatic heterocycles. The molecule has 1 N–H and O–H groups in total. The van der Waals surface area contributed by atoms with Gasteiger partial charge in [0.25, 0.3) is 5.56 Å². The second kappa shape index (κ2) is 2.66. The van der Waals surface area contributed by atoms with E-state index in [1.165, 1.54) is 12.3 Å². The molecule has 0 aromatic carbocycles. The molecule has 1 aromatic heterocycles. The van der Waals surface area contributed by atoms with Crippen molar-refractivity contribution in [2.75, 3.05) is 0 Å². The van der Waals surface area contributed by atoms with Gasteiger partial charge in [-0.2, -0.15) is 0 Å². The maximum atomic E-state index is 10.8. The first-order valence-electron chi connectivity index (χ1n) is 2.61. The molecule has 0 atom stereocenters. The van der Waals surface area contributed by atoms with Gasteiger partial charge in [0.1, 0.15) is 0 Å². The first-order valence-corrected chi connectivity index (χ1v) is 2.99. The molecule has 0 aliphatic carbocycles. The minimum Gasteiger partial charge on any atom is -0.297 e. The van der Waals surface area contributed by atoms with Crippen LogP contribution in [0.5, 0.6) is 0 Å². The van der Waals surface area contributed by atoms with Crippen LogP contribution in [0, 0.1) is 0 Å². The summed E-state index contributed by atoms with van der Waals surface area (Å²) in [6, 6.07) is 0. The molecule has 0 radical (unpaired) electrons. The van der Waals surface area contributed by atoms with Gasteiger partial charge in [-0.25, -0.2) is 4.98 Å². The smallest absolute Gasteiger partial charge is 0.259 e. The highest BCUT2D eigenvalue weighted by molar-refractivity contribution is 6.28. The third-order valence-electron chi connectivity index (χ3n) is 1.02. The van der Waals surface area contributed by atoms with Crippen LogP contribution in [-0.4, -0.2) is 9.97 Å². The fourth-order valence-corrected chi connectivity index (χ4v) is 0.663. The van der Waals surface area contributed by atoms with Crippen LogP contribution >= 0.6 is 11.6 Å². The maximum Gasteiger partial charge on any atom is 0.259 e. The Hall–Kier alpha value is -1.09. The Balaban J connectivity index is 3.33.